The van der Waals surface area contributed by atoms with E-state index in [9.17, 15) is 14.7 Å². The van der Waals surface area contributed by atoms with Gasteiger partial charge in [0.2, 0.25) is 0 Å². The van der Waals surface area contributed by atoms with E-state index in [0.29, 0.717) is 24.0 Å². The largest absolute Gasteiger partial charge is 0.493 e. The number of carboxylic acid groups (broad SMARTS) is 1. The predicted molar refractivity (Wildman–Crippen MR) is 94.2 cm³/mol. The van der Waals surface area contributed by atoms with Crippen molar-refractivity contribution in [3.8, 4) is 5.75 Å². The molecule has 0 radical (unpaired) electrons. The van der Waals surface area contributed by atoms with Crippen molar-refractivity contribution in [1.82, 2.24) is 15.3 Å². The lowest BCUT2D eigenvalue weighted by molar-refractivity contribution is 0.0696. The van der Waals surface area contributed by atoms with Crippen molar-refractivity contribution in [1.29, 1.82) is 0 Å². The van der Waals surface area contributed by atoms with Crippen LogP contribution in [-0.4, -0.2) is 33.6 Å². The minimum Gasteiger partial charge on any atom is -0.493 e. The molecule has 0 atom stereocenters. The number of rotatable bonds is 7. The summed E-state index contributed by atoms with van der Waals surface area (Å²) in [5.74, 6) is -0.570. The number of amides is 1. The highest BCUT2D eigenvalue weighted by atomic mass is 16.5. The second-order valence-corrected chi connectivity index (χ2v) is 6.49. The number of carbonyl (C=O) groups excluding carboxylic acids is 1. The Morgan fingerprint density at radius 1 is 1.19 bits per heavy atom. The van der Waals surface area contributed by atoms with Crippen molar-refractivity contribution in [2.45, 2.75) is 32.7 Å². The van der Waals surface area contributed by atoms with Gasteiger partial charge in [0.05, 0.1) is 36.3 Å². The van der Waals surface area contributed by atoms with Crippen molar-refractivity contribution in [2.75, 3.05) is 6.61 Å². The Balaban J connectivity index is 1.69. The molecule has 3 rings (SSSR count). The number of hydrogen-bond acceptors (Lipinski definition) is 5. The first kappa shape index (κ1) is 17.8. The number of ether oxygens (including phenoxy) is 1. The first-order valence-corrected chi connectivity index (χ1v) is 8.58. The van der Waals surface area contributed by atoms with Crippen molar-refractivity contribution in [3.63, 3.8) is 0 Å². The van der Waals surface area contributed by atoms with Crippen LogP contribution in [0.15, 0.2) is 30.6 Å². The Labute approximate surface area is 151 Å². The van der Waals surface area contributed by atoms with Gasteiger partial charge < -0.3 is 15.2 Å². The summed E-state index contributed by atoms with van der Waals surface area (Å²) < 4.78 is 5.70. The van der Waals surface area contributed by atoms with E-state index in [4.69, 9.17) is 4.74 Å². The van der Waals surface area contributed by atoms with Crippen LogP contribution >= 0.6 is 0 Å². The van der Waals surface area contributed by atoms with E-state index < -0.39 is 5.97 Å². The number of hydrogen-bond donors (Lipinski definition) is 2. The Bertz CT molecular complexity index is 801. The second kappa shape index (κ2) is 7.95. The van der Waals surface area contributed by atoms with Gasteiger partial charge in [-0.1, -0.05) is 6.42 Å². The average Bonchev–Trinajstić information content (AvgIpc) is 2.59. The van der Waals surface area contributed by atoms with Crippen molar-refractivity contribution < 1.29 is 19.4 Å². The third kappa shape index (κ3) is 4.56. The number of benzene rings is 1. The number of nitrogens with zero attached hydrogens (tertiary/aromatic N) is 2. The van der Waals surface area contributed by atoms with Gasteiger partial charge in [-0.2, -0.15) is 0 Å². The van der Waals surface area contributed by atoms with Gasteiger partial charge in [0.1, 0.15) is 5.75 Å². The van der Waals surface area contributed by atoms with Crippen LogP contribution < -0.4 is 10.1 Å². The average molecular weight is 355 g/mol. The zero-order chi connectivity index (χ0) is 18.5. The lowest BCUT2D eigenvalue weighted by Gasteiger charge is -2.25. The number of aromatic nitrogens is 2. The lowest BCUT2D eigenvalue weighted by Crippen LogP contribution is -2.24. The minimum atomic E-state index is -1.10. The van der Waals surface area contributed by atoms with Gasteiger partial charge in [-0.3, -0.25) is 14.8 Å². The SMILES string of the molecule is Cc1cnc(CNC(=O)c2cc(OCC3CCC3)cc(C(=O)O)c2)cn1. The maximum Gasteiger partial charge on any atom is 0.335 e. The quantitative estimate of drug-likeness (QED) is 0.792. The van der Waals surface area contributed by atoms with Crippen LogP contribution in [0.25, 0.3) is 0 Å². The fourth-order valence-corrected chi connectivity index (χ4v) is 2.59. The summed E-state index contributed by atoms with van der Waals surface area (Å²) in [4.78, 5) is 32.0. The third-order valence-electron chi connectivity index (χ3n) is 4.39. The number of carbonyl (C=O) groups is 2. The molecule has 1 amide bonds. The third-order valence-corrected chi connectivity index (χ3v) is 4.39. The molecule has 0 spiro atoms. The highest BCUT2D eigenvalue weighted by Crippen LogP contribution is 2.27. The first-order valence-electron chi connectivity index (χ1n) is 8.58. The van der Waals surface area contributed by atoms with Crippen molar-refractivity contribution in [2.24, 2.45) is 5.92 Å². The highest BCUT2D eigenvalue weighted by molar-refractivity contribution is 5.98. The summed E-state index contributed by atoms with van der Waals surface area (Å²) in [5, 5.41) is 12.0. The number of aromatic carboxylic acids is 1. The molecule has 1 aromatic heterocycles. The summed E-state index contributed by atoms with van der Waals surface area (Å²) in [7, 11) is 0. The summed E-state index contributed by atoms with van der Waals surface area (Å²) in [6.07, 6.45) is 6.68. The smallest absolute Gasteiger partial charge is 0.335 e. The molecular formula is C19H21N3O4. The zero-order valence-corrected chi connectivity index (χ0v) is 14.6. The van der Waals surface area contributed by atoms with E-state index in [1.54, 1.807) is 18.5 Å². The Kier molecular flexibility index (Phi) is 5.46. The predicted octanol–water partition coefficient (Wildman–Crippen LogP) is 2.59. The monoisotopic (exact) mass is 355 g/mol. The van der Waals surface area contributed by atoms with Crippen LogP contribution in [0.1, 0.15) is 51.4 Å². The standard InChI is InChI=1S/C19H21N3O4/c1-12-8-21-16(9-20-12)10-22-18(23)14-5-15(19(24)25)7-17(6-14)26-11-13-3-2-4-13/h5-9,13H,2-4,10-11H2,1H3,(H,22,23)(H,24,25). The van der Waals surface area contributed by atoms with E-state index in [1.807, 2.05) is 6.92 Å². The Hall–Kier alpha value is -2.96. The minimum absolute atomic E-state index is 0.0244. The van der Waals surface area contributed by atoms with Crippen LogP contribution in [0.4, 0.5) is 0 Å². The molecule has 0 bridgehead atoms. The molecule has 136 valence electrons. The van der Waals surface area contributed by atoms with E-state index in [-0.39, 0.29) is 23.6 Å². The maximum atomic E-state index is 12.4. The summed E-state index contributed by atoms with van der Waals surface area (Å²) >= 11 is 0. The first-order chi connectivity index (χ1) is 12.5. The molecule has 0 saturated heterocycles. The van der Waals surface area contributed by atoms with Crippen molar-refractivity contribution in [3.05, 3.63) is 53.1 Å². The van der Waals surface area contributed by atoms with Gasteiger partial charge in [-0.25, -0.2) is 4.79 Å². The zero-order valence-electron chi connectivity index (χ0n) is 14.6. The number of nitrogens with one attached hydrogen (secondary N) is 1. The number of aryl methyl sites for hydroxylation is 1. The molecule has 0 aliphatic heterocycles. The fraction of sp³-hybridized carbons (Fsp3) is 0.368. The van der Waals surface area contributed by atoms with Gasteiger partial charge in [-0.15, -0.1) is 0 Å². The highest BCUT2D eigenvalue weighted by Gasteiger charge is 2.19. The molecule has 7 heteroatoms. The molecule has 1 heterocycles. The molecule has 2 N–H and O–H groups in total. The van der Waals surface area contributed by atoms with E-state index in [2.05, 4.69) is 15.3 Å². The van der Waals surface area contributed by atoms with Crippen LogP contribution in [-0.2, 0) is 6.54 Å². The fourth-order valence-electron chi connectivity index (χ4n) is 2.59. The summed E-state index contributed by atoms with van der Waals surface area (Å²) in [6.45, 7) is 2.59. The van der Waals surface area contributed by atoms with E-state index in [0.717, 1.165) is 18.5 Å². The van der Waals surface area contributed by atoms with Gasteiger partial charge >= 0.3 is 5.97 Å². The molecule has 7 nitrogen and oxygen atoms in total. The van der Waals surface area contributed by atoms with Crippen LogP contribution in [0.5, 0.6) is 5.75 Å². The second-order valence-electron chi connectivity index (χ2n) is 6.49. The van der Waals surface area contributed by atoms with Crippen LogP contribution in [0.2, 0.25) is 0 Å². The molecule has 1 fully saturated rings. The lowest BCUT2D eigenvalue weighted by atomic mass is 9.86. The number of carboxylic acids is 1. The summed E-state index contributed by atoms with van der Waals surface area (Å²) in [5.41, 5.74) is 1.69. The van der Waals surface area contributed by atoms with Gasteiger partial charge in [-0.05, 0) is 43.9 Å². The molecule has 2 aromatic rings. The summed E-state index contributed by atoms with van der Waals surface area (Å²) in [6, 6.07) is 4.36. The maximum absolute atomic E-state index is 12.4. The van der Waals surface area contributed by atoms with Crippen LogP contribution in [0.3, 0.4) is 0 Å². The van der Waals surface area contributed by atoms with Gasteiger partial charge in [0.15, 0.2) is 0 Å². The molecular weight excluding hydrogens is 334 g/mol. The van der Waals surface area contributed by atoms with Gasteiger partial charge in [0, 0.05) is 11.8 Å². The molecule has 1 aliphatic rings. The van der Waals surface area contributed by atoms with Gasteiger partial charge in [0.25, 0.3) is 5.91 Å². The topological polar surface area (TPSA) is 101 Å². The van der Waals surface area contributed by atoms with E-state index >= 15 is 0 Å². The molecule has 0 unspecified atom stereocenters. The van der Waals surface area contributed by atoms with E-state index in [1.165, 1.54) is 18.6 Å². The van der Waals surface area contributed by atoms with Crippen LogP contribution in [0, 0.1) is 12.8 Å². The Morgan fingerprint density at radius 3 is 2.58 bits per heavy atom. The molecule has 1 aliphatic carbocycles. The molecule has 1 aromatic carbocycles. The molecule has 1 saturated carbocycles. The van der Waals surface area contributed by atoms with Crippen molar-refractivity contribution >= 4 is 11.9 Å². The normalized spacial score (nSPS) is 13.7. The molecule has 26 heavy (non-hydrogen) atoms. The Morgan fingerprint density at radius 2 is 1.96 bits per heavy atom.